The highest BCUT2D eigenvalue weighted by molar-refractivity contribution is 7.89. The Kier molecular flexibility index (Phi) is 4.98. The number of aromatic nitrogens is 1. The Bertz CT molecular complexity index is 1120. The summed E-state index contributed by atoms with van der Waals surface area (Å²) in [6.45, 7) is 0. The number of hydrogen-bond donors (Lipinski definition) is 1. The van der Waals surface area contributed by atoms with Crippen LogP contribution in [-0.4, -0.2) is 13.6 Å². The largest absolute Gasteiger partial charge is 0.354 e. The summed E-state index contributed by atoms with van der Waals surface area (Å²) < 4.78 is 82.5. The molecule has 0 atom stereocenters. The van der Waals surface area contributed by atoms with Crippen molar-refractivity contribution in [3.63, 3.8) is 0 Å². The van der Waals surface area contributed by atoms with Crippen molar-refractivity contribution in [3.8, 4) is 22.4 Å². The molecule has 3 rings (SSSR count). The first-order chi connectivity index (χ1) is 12.6. The lowest BCUT2D eigenvalue weighted by molar-refractivity contribution is 0.113. The molecule has 0 fully saturated rings. The summed E-state index contributed by atoms with van der Waals surface area (Å²) in [5.74, 6) is -3.69. The zero-order valence-electron chi connectivity index (χ0n) is 13.1. The second-order valence-corrected chi connectivity index (χ2v) is 7.35. The van der Waals surface area contributed by atoms with Crippen molar-refractivity contribution >= 4 is 21.6 Å². The highest BCUT2D eigenvalue weighted by Gasteiger charge is 2.29. The fourth-order valence-electron chi connectivity index (χ4n) is 2.46. The van der Waals surface area contributed by atoms with Crippen LogP contribution in [0.15, 0.2) is 45.8 Å². The average molecular weight is 421 g/mol. The van der Waals surface area contributed by atoms with Crippen LogP contribution in [0.25, 0.3) is 22.4 Å². The highest BCUT2D eigenvalue weighted by Crippen LogP contribution is 2.41. The Hall–Kier alpha value is -2.43. The minimum atomic E-state index is -4.55. The molecule has 1 aromatic heterocycles. The summed E-state index contributed by atoms with van der Waals surface area (Å²) in [5.41, 5.74) is -1.10. The quantitative estimate of drug-likeness (QED) is 0.628. The zero-order chi connectivity index (χ0) is 19.9. The average Bonchev–Trinajstić information content (AvgIpc) is 3.01. The summed E-state index contributed by atoms with van der Waals surface area (Å²) in [7, 11) is -4.55. The lowest BCUT2D eigenvalue weighted by atomic mass is 9.98. The molecule has 142 valence electrons. The molecule has 0 radical (unpaired) electrons. The van der Waals surface area contributed by atoms with Crippen molar-refractivity contribution in [3.05, 3.63) is 58.8 Å². The van der Waals surface area contributed by atoms with E-state index in [0.717, 1.165) is 0 Å². The van der Waals surface area contributed by atoms with Gasteiger partial charge in [-0.15, -0.1) is 0 Å². The number of halogens is 5. The maximum absolute atomic E-state index is 14.5. The van der Waals surface area contributed by atoms with E-state index >= 15 is 0 Å². The van der Waals surface area contributed by atoms with Crippen molar-refractivity contribution < 1.29 is 30.5 Å². The second kappa shape index (κ2) is 6.95. The maximum atomic E-state index is 14.5. The zero-order valence-corrected chi connectivity index (χ0v) is 14.7. The van der Waals surface area contributed by atoms with Gasteiger partial charge in [-0.1, -0.05) is 28.9 Å². The number of benzene rings is 2. The Morgan fingerprint density at radius 3 is 2.26 bits per heavy atom. The number of rotatable bonds is 4. The van der Waals surface area contributed by atoms with Crippen molar-refractivity contribution in [2.45, 2.75) is 11.3 Å². The Morgan fingerprint density at radius 2 is 1.70 bits per heavy atom. The number of primary sulfonamides is 1. The molecule has 0 aliphatic carbocycles. The number of nitrogens with zero attached hydrogens (tertiary/aromatic N) is 1. The van der Waals surface area contributed by atoms with Gasteiger partial charge in [-0.05, 0) is 24.3 Å². The summed E-state index contributed by atoms with van der Waals surface area (Å²) in [4.78, 5) is -1.10. The molecule has 5 nitrogen and oxygen atoms in total. The van der Waals surface area contributed by atoms with Gasteiger partial charge < -0.3 is 4.52 Å². The molecule has 0 saturated heterocycles. The van der Waals surface area contributed by atoms with Gasteiger partial charge in [0.1, 0.15) is 22.2 Å². The van der Waals surface area contributed by atoms with Crippen LogP contribution in [0.5, 0.6) is 0 Å². The molecule has 0 spiro atoms. The van der Waals surface area contributed by atoms with Gasteiger partial charge in [-0.25, -0.2) is 31.1 Å². The second-order valence-electron chi connectivity index (χ2n) is 5.39. The Labute approximate surface area is 155 Å². The third-order valence-electron chi connectivity index (χ3n) is 3.63. The van der Waals surface area contributed by atoms with Crippen LogP contribution in [0.1, 0.15) is 12.2 Å². The van der Waals surface area contributed by atoms with Crippen LogP contribution < -0.4 is 5.14 Å². The predicted octanol–water partition coefficient (Wildman–Crippen LogP) is 4.53. The van der Waals surface area contributed by atoms with Crippen LogP contribution in [-0.2, 0) is 10.0 Å². The first-order valence-electron chi connectivity index (χ1n) is 7.15. The predicted molar refractivity (Wildman–Crippen MR) is 88.6 cm³/mol. The van der Waals surface area contributed by atoms with Gasteiger partial charge in [0.05, 0.1) is 5.56 Å². The minimum Gasteiger partial charge on any atom is -0.354 e. The first kappa shape index (κ1) is 19.3. The summed E-state index contributed by atoms with van der Waals surface area (Å²) in [6.07, 6.45) is -3.19. The van der Waals surface area contributed by atoms with E-state index in [1.807, 2.05) is 0 Å². The van der Waals surface area contributed by atoms with Gasteiger partial charge in [0.15, 0.2) is 0 Å². The number of sulfonamides is 1. The summed E-state index contributed by atoms with van der Waals surface area (Å²) in [5, 5.41) is 8.69. The van der Waals surface area contributed by atoms with Gasteiger partial charge in [0, 0.05) is 16.1 Å². The molecular weight excluding hydrogens is 412 g/mol. The first-order valence-corrected chi connectivity index (χ1v) is 9.08. The van der Waals surface area contributed by atoms with Gasteiger partial charge >= 0.3 is 0 Å². The molecular formula is C16H9ClF4N2O3S. The molecule has 0 aliphatic heterocycles. The Balaban J connectivity index is 2.29. The van der Waals surface area contributed by atoms with Crippen LogP contribution in [0.4, 0.5) is 17.6 Å². The standard InChI is InChI=1S/C16H9ClF4N2O3S/c17-8-3-1-7(2-4-8)14-13(15(16(20)21)26-23-14)9-5-11(19)12(6-10(9)18)27(22,24)25/h1-6,16H,(H2,22,24,25). The molecule has 2 aromatic carbocycles. The van der Waals surface area contributed by atoms with Crippen molar-refractivity contribution in [2.24, 2.45) is 5.14 Å². The summed E-state index contributed by atoms with van der Waals surface area (Å²) in [6, 6.07) is 6.50. The van der Waals surface area contributed by atoms with Crippen molar-refractivity contribution in [1.29, 1.82) is 0 Å². The van der Waals surface area contributed by atoms with Crippen molar-refractivity contribution in [2.75, 3.05) is 0 Å². The lowest BCUT2D eigenvalue weighted by Gasteiger charge is -2.09. The molecule has 3 aromatic rings. The van der Waals surface area contributed by atoms with E-state index in [9.17, 15) is 26.0 Å². The van der Waals surface area contributed by atoms with Gasteiger partial charge in [-0.3, -0.25) is 0 Å². The number of alkyl halides is 2. The van der Waals surface area contributed by atoms with Gasteiger partial charge in [-0.2, -0.15) is 0 Å². The molecule has 0 aliphatic rings. The fraction of sp³-hybridized carbons (Fsp3) is 0.0625. The molecule has 11 heteroatoms. The van der Waals surface area contributed by atoms with E-state index in [4.69, 9.17) is 16.7 Å². The SMILES string of the molecule is NS(=O)(=O)c1cc(F)c(-c2c(-c3ccc(Cl)cc3)noc2C(F)F)cc1F. The topological polar surface area (TPSA) is 86.2 Å². The molecule has 0 unspecified atom stereocenters. The van der Waals surface area contributed by atoms with E-state index < -0.39 is 49.9 Å². The third-order valence-corrected chi connectivity index (χ3v) is 4.81. The van der Waals surface area contributed by atoms with E-state index in [-0.39, 0.29) is 11.3 Å². The number of nitrogens with two attached hydrogens (primary N) is 1. The molecule has 0 bridgehead atoms. The summed E-state index contributed by atoms with van der Waals surface area (Å²) >= 11 is 5.78. The molecule has 2 N–H and O–H groups in total. The molecule has 0 amide bonds. The van der Waals surface area contributed by atoms with E-state index in [1.54, 1.807) is 0 Å². The fourth-order valence-corrected chi connectivity index (χ4v) is 3.18. The van der Waals surface area contributed by atoms with Gasteiger partial charge in [0.2, 0.25) is 15.8 Å². The minimum absolute atomic E-state index is 0.191. The molecule has 0 saturated carbocycles. The number of hydrogen-bond acceptors (Lipinski definition) is 4. The smallest absolute Gasteiger partial charge is 0.298 e. The third kappa shape index (κ3) is 3.68. The maximum Gasteiger partial charge on any atom is 0.298 e. The van der Waals surface area contributed by atoms with E-state index in [1.165, 1.54) is 24.3 Å². The molecule has 1 heterocycles. The van der Waals surface area contributed by atoms with E-state index in [0.29, 0.717) is 17.2 Å². The van der Waals surface area contributed by atoms with Gasteiger partial charge in [0.25, 0.3) is 6.43 Å². The van der Waals surface area contributed by atoms with Crippen LogP contribution in [0.3, 0.4) is 0 Å². The monoisotopic (exact) mass is 420 g/mol. The lowest BCUT2D eigenvalue weighted by Crippen LogP contribution is -2.14. The highest BCUT2D eigenvalue weighted by atomic mass is 35.5. The van der Waals surface area contributed by atoms with Crippen LogP contribution in [0.2, 0.25) is 5.02 Å². The Morgan fingerprint density at radius 1 is 1.07 bits per heavy atom. The van der Waals surface area contributed by atoms with Crippen molar-refractivity contribution in [1.82, 2.24) is 5.16 Å². The van der Waals surface area contributed by atoms with E-state index in [2.05, 4.69) is 9.68 Å². The molecule has 27 heavy (non-hydrogen) atoms. The normalized spacial score (nSPS) is 12.0. The van der Waals surface area contributed by atoms with Crippen LogP contribution >= 0.6 is 11.6 Å². The van der Waals surface area contributed by atoms with Crippen LogP contribution in [0, 0.1) is 11.6 Å².